The number of thiocarbonyl (C=S) groups is 1. The summed E-state index contributed by atoms with van der Waals surface area (Å²) in [5, 5.41) is 6.83. The molecule has 3 heteroatoms. The number of anilines is 1. The van der Waals surface area contributed by atoms with E-state index in [-0.39, 0.29) is 0 Å². The fourth-order valence-electron chi connectivity index (χ4n) is 3.30. The van der Waals surface area contributed by atoms with Crippen LogP contribution in [0, 0.1) is 11.3 Å². The predicted molar refractivity (Wildman–Crippen MR) is 79.9 cm³/mol. The molecule has 2 nitrogen and oxygen atoms in total. The summed E-state index contributed by atoms with van der Waals surface area (Å²) in [4.78, 5) is 1.03. The fraction of sp³-hybridized carbons (Fsp3) is 0.533. The van der Waals surface area contributed by atoms with Gasteiger partial charge >= 0.3 is 0 Å². The van der Waals surface area contributed by atoms with Crippen LogP contribution < -0.4 is 10.6 Å². The maximum Gasteiger partial charge on any atom is 0.0829 e. The topological polar surface area (TPSA) is 24.1 Å². The molecular weight excluding hydrogens is 240 g/mol. The first-order valence-electron chi connectivity index (χ1n) is 6.84. The van der Waals surface area contributed by atoms with Crippen LogP contribution >= 0.6 is 12.2 Å². The maximum atomic E-state index is 5.54. The van der Waals surface area contributed by atoms with Gasteiger partial charge in [0.25, 0.3) is 0 Å². The highest BCUT2D eigenvalue weighted by molar-refractivity contribution is 7.80. The molecule has 2 N–H and O–H groups in total. The summed E-state index contributed by atoms with van der Waals surface area (Å²) in [6.45, 7) is 2.37. The van der Waals surface area contributed by atoms with Crippen LogP contribution in [0.15, 0.2) is 30.3 Å². The van der Waals surface area contributed by atoms with Gasteiger partial charge in [0.2, 0.25) is 0 Å². The Labute approximate surface area is 114 Å². The Morgan fingerprint density at radius 3 is 2.50 bits per heavy atom. The predicted octanol–water partition coefficient (Wildman–Crippen LogP) is 3.21. The van der Waals surface area contributed by atoms with E-state index in [0.717, 1.165) is 10.7 Å². The van der Waals surface area contributed by atoms with Gasteiger partial charge in [-0.3, -0.25) is 0 Å². The van der Waals surface area contributed by atoms with Crippen molar-refractivity contribution in [2.24, 2.45) is 11.3 Å². The molecule has 1 saturated heterocycles. The second-order valence-electron chi connectivity index (χ2n) is 5.71. The standard InChI is InChI=1S/C15H20N2S/c18-14(17-13-4-2-1-3-5-13)12-10-15(11-12)6-8-16-9-7-15/h1-5,12,16H,6-11H2,(H,17,18). The van der Waals surface area contributed by atoms with Crippen molar-refractivity contribution in [2.75, 3.05) is 18.4 Å². The Balaban J connectivity index is 1.53. The zero-order valence-corrected chi connectivity index (χ0v) is 11.4. The molecule has 0 amide bonds. The average Bonchev–Trinajstić information content (AvgIpc) is 2.38. The van der Waals surface area contributed by atoms with Gasteiger partial charge in [0.1, 0.15) is 0 Å². The Morgan fingerprint density at radius 2 is 1.83 bits per heavy atom. The smallest absolute Gasteiger partial charge is 0.0829 e. The Bertz CT molecular complexity index is 415. The zero-order chi connectivity index (χ0) is 12.4. The molecule has 0 unspecified atom stereocenters. The molecule has 1 aromatic carbocycles. The summed E-state index contributed by atoms with van der Waals surface area (Å²) in [6, 6.07) is 10.3. The van der Waals surface area contributed by atoms with Crippen molar-refractivity contribution < 1.29 is 0 Å². The first-order chi connectivity index (χ1) is 8.77. The lowest BCUT2D eigenvalue weighted by molar-refractivity contribution is 0.0557. The van der Waals surface area contributed by atoms with Gasteiger partial charge in [-0.25, -0.2) is 0 Å². The number of nitrogens with one attached hydrogen (secondary N) is 2. The highest BCUT2D eigenvalue weighted by Crippen LogP contribution is 2.52. The Kier molecular flexibility index (Phi) is 3.35. The molecule has 1 aromatic rings. The van der Waals surface area contributed by atoms with Crippen molar-refractivity contribution >= 4 is 22.9 Å². The Hall–Kier alpha value is -0.930. The summed E-state index contributed by atoms with van der Waals surface area (Å²) in [7, 11) is 0. The molecule has 0 bridgehead atoms. The van der Waals surface area contributed by atoms with Gasteiger partial charge in [0.05, 0.1) is 4.99 Å². The summed E-state index contributed by atoms with van der Waals surface area (Å²) in [6.07, 6.45) is 5.23. The van der Waals surface area contributed by atoms with Gasteiger partial charge in [0, 0.05) is 11.6 Å². The first kappa shape index (κ1) is 12.1. The summed E-state index contributed by atoms with van der Waals surface area (Å²) in [5.41, 5.74) is 1.73. The molecule has 2 aliphatic rings. The quantitative estimate of drug-likeness (QED) is 0.799. The van der Waals surface area contributed by atoms with Crippen LogP contribution in [0.1, 0.15) is 25.7 Å². The molecule has 1 aliphatic carbocycles. The molecule has 18 heavy (non-hydrogen) atoms. The van der Waals surface area contributed by atoms with Crippen LogP contribution in [-0.2, 0) is 0 Å². The van der Waals surface area contributed by atoms with Gasteiger partial charge < -0.3 is 10.6 Å². The molecule has 1 spiro atoms. The van der Waals surface area contributed by atoms with Crippen molar-refractivity contribution in [3.05, 3.63) is 30.3 Å². The van der Waals surface area contributed by atoms with Gasteiger partial charge in [-0.05, 0) is 56.3 Å². The average molecular weight is 260 g/mol. The monoisotopic (exact) mass is 260 g/mol. The normalized spacial score (nSPS) is 22.4. The van der Waals surface area contributed by atoms with E-state index < -0.39 is 0 Å². The molecule has 0 radical (unpaired) electrons. The molecule has 3 rings (SSSR count). The van der Waals surface area contributed by atoms with E-state index in [4.69, 9.17) is 12.2 Å². The minimum absolute atomic E-state index is 0.596. The Morgan fingerprint density at radius 1 is 1.17 bits per heavy atom. The van der Waals surface area contributed by atoms with E-state index in [2.05, 4.69) is 22.8 Å². The second-order valence-corrected chi connectivity index (χ2v) is 6.15. The highest BCUT2D eigenvalue weighted by Gasteiger charge is 2.45. The van der Waals surface area contributed by atoms with Crippen LogP contribution in [-0.4, -0.2) is 18.1 Å². The van der Waals surface area contributed by atoms with Crippen molar-refractivity contribution in [3.63, 3.8) is 0 Å². The summed E-state index contributed by atoms with van der Waals surface area (Å²) in [5.74, 6) is 0.596. The van der Waals surface area contributed by atoms with Crippen molar-refractivity contribution in [1.29, 1.82) is 0 Å². The van der Waals surface area contributed by atoms with E-state index in [1.807, 2.05) is 18.2 Å². The lowest BCUT2D eigenvalue weighted by Gasteiger charge is -2.50. The third-order valence-corrected chi connectivity index (χ3v) is 4.87. The molecule has 1 heterocycles. The number of para-hydroxylation sites is 1. The summed E-state index contributed by atoms with van der Waals surface area (Å²) < 4.78 is 0. The van der Waals surface area contributed by atoms with Crippen molar-refractivity contribution in [2.45, 2.75) is 25.7 Å². The zero-order valence-electron chi connectivity index (χ0n) is 10.6. The molecule has 0 aromatic heterocycles. The van der Waals surface area contributed by atoms with Crippen molar-refractivity contribution in [3.8, 4) is 0 Å². The van der Waals surface area contributed by atoms with E-state index in [0.29, 0.717) is 11.3 Å². The second kappa shape index (κ2) is 4.98. The lowest BCUT2D eigenvalue weighted by atomic mass is 9.57. The van der Waals surface area contributed by atoms with E-state index in [9.17, 15) is 0 Å². The SMILES string of the molecule is S=C(Nc1ccccc1)C1CC2(CCNCC2)C1. The molecule has 2 fully saturated rings. The van der Waals surface area contributed by atoms with E-state index in [1.54, 1.807) is 0 Å². The van der Waals surface area contributed by atoms with Gasteiger partial charge in [-0.2, -0.15) is 0 Å². The van der Waals surface area contributed by atoms with Crippen LogP contribution in [0.4, 0.5) is 5.69 Å². The maximum absolute atomic E-state index is 5.54. The molecule has 1 saturated carbocycles. The van der Waals surface area contributed by atoms with Crippen LogP contribution in [0.25, 0.3) is 0 Å². The van der Waals surface area contributed by atoms with Crippen molar-refractivity contribution in [1.82, 2.24) is 5.32 Å². The first-order valence-corrected chi connectivity index (χ1v) is 7.25. The number of benzene rings is 1. The third kappa shape index (κ3) is 2.43. The van der Waals surface area contributed by atoms with E-state index in [1.165, 1.54) is 38.8 Å². The number of rotatable bonds is 2. The molecule has 96 valence electrons. The molecule has 0 atom stereocenters. The number of hydrogen-bond donors (Lipinski definition) is 2. The van der Waals surface area contributed by atoms with Crippen LogP contribution in [0.5, 0.6) is 0 Å². The minimum atomic E-state index is 0.596. The molecular formula is C15H20N2S. The van der Waals surface area contributed by atoms with Crippen LogP contribution in [0.2, 0.25) is 0 Å². The van der Waals surface area contributed by atoms with Gasteiger partial charge in [0.15, 0.2) is 0 Å². The number of piperidine rings is 1. The largest absolute Gasteiger partial charge is 0.350 e. The van der Waals surface area contributed by atoms with Crippen LogP contribution in [0.3, 0.4) is 0 Å². The number of hydrogen-bond acceptors (Lipinski definition) is 2. The lowest BCUT2D eigenvalue weighted by Crippen LogP contribution is -2.48. The minimum Gasteiger partial charge on any atom is -0.350 e. The third-order valence-electron chi connectivity index (χ3n) is 4.44. The highest BCUT2D eigenvalue weighted by atomic mass is 32.1. The van der Waals surface area contributed by atoms with Gasteiger partial charge in [-0.1, -0.05) is 30.4 Å². The fourth-order valence-corrected chi connectivity index (χ4v) is 3.59. The molecule has 1 aliphatic heterocycles. The van der Waals surface area contributed by atoms with Gasteiger partial charge in [-0.15, -0.1) is 0 Å². The summed E-state index contributed by atoms with van der Waals surface area (Å²) >= 11 is 5.54. The van der Waals surface area contributed by atoms with E-state index >= 15 is 0 Å².